The number of allylic oxidation sites excluding steroid dienone is 2. The molecule has 0 aromatic heterocycles. The lowest BCUT2D eigenvalue weighted by Crippen LogP contribution is -2.41. The first kappa shape index (κ1) is 11.9. The molecule has 1 aliphatic carbocycles. The van der Waals surface area contributed by atoms with Gasteiger partial charge in [0.05, 0.1) is 0 Å². The zero-order chi connectivity index (χ0) is 12.9. The molecule has 1 aliphatic heterocycles. The Labute approximate surface area is 114 Å². The fourth-order valence-electron chi connectivity index (χ4n) is 2.89. The summed E-state index contributed by atoms with van der Waals surface area (Å²) in [4.78, 5) is 11.3. The van der Waals surface area contributed by atoms with E-state index in [4.69, 9.17) is 23.2 Å². The number of hydrogen-bond donors (Lipinski definition) is 2. The van der Waals surface area contributed by atoms with Crippen LogP contribution in [0.15, 0.2) is 24.3 Å². The third kappa shape index (κ3) is 1.70. The van der Waals surface area contributed by atoms with Gasteiger partial charge < -0.3 is 10.4 Å². The Morgan fingerprint density at radius 2 is 2.17 bits per heavy atom. The normalized spacial score (nSPS) is 28.4. The minimum absolute atomic E-state index is 0.0219. The molecule has 3 nitrogen and oxygen atoms in total. The van der Waals surface area contributed by atoms with Crippen LogP contribution in [-0.2, 0) is 4.79 Å². The summed E-state index contributed by atoms with van der Waals surface area (Å²) < 4.78 is 0. The largest absolute Gasteiger partial charge is 0.480 e. The highest BCUT2D eigenvalue weighted by molar-refractivity contribution is 6.35. The second-order valence-electron chi connectivity index (χ2n) is 4.66. The number of aliphatic carboxylic acids is 1. The van der Waals surface area contributed by atoms with Crippen LogP contribution in [0.25, 0.3) is 0 Å². The summed E-state index contributed by atoms with van der Waals surface area (Å²) in [6, 6.07) is 2.85. The molecule has 0 fully saturated rings. The molecule has 0 bridgehead atoms. The van der Waals surface area contributed by atoms with E-state index in [1.807, 2.05) is 12.2 Å². The average molecular weight is 284 g/mol. The van der Waals surface area contributed by atoms with Crippen molar-refractivity contribution in [2.45, 2.75) is 18.4 Å². The third-order valence-electron chi connectivity index (χ3n) is 3.65. The topological polar surface area (TPSA) is 49.3 Å². The molecule has 3 atom stereocenters. The summed E-state index contributed by atoms with van der Waals surface area (Å²) in [5.41, 5.74) is 1.69. The number of rotatable bonds is 1. The van der Waals surface area contributed by atoms with Crippen LogP contribution in [-0.4, -0.2) is 17.1 Å². The molecule has 18 heavy (non-hydrogen) atoms. The molecule has 1 aromatic carbocycles. The Balaban J connectivity index is 2.14. The van der Waals surface area contributed by atoms with Gasteiger partial charge in [0, 0.05) is 33.1 Å². The standard InChI is InChI=1S/C13H11Cl2NO2/c14-6-4-9(15)11-7-2-1-3-8(7)12(13(17)18)16-10(11)5-6/h1-2,4-5,7-8,12,16H,3H2,(H,17,18)/t7-,8+,12-/m0/s1. The fourth-order valence-corrected chi connectivity index (χ4v) is 3.51. The van der Waals surface area contributed by atoms with Gasteiger partial charge in [-0.25, -0.2) is 4.79 Å². The van der Waals surface area contributed by atoms with E-state index in [0.29, 0.717) is 10.0 Å². The van der Waals surface area contributed by atoms with Crippen LogP contribution in [0.5, 0.6) is 0 Å². The van der Waals surface area contributed by atoms with Gasteiger partial charge in [0.1, 0.15) is 6.04 Å². The molecule has 0 unspecified atom stereocenters. The maximum atomic E-state index is 11.3. The molecule has 0 amide bonds. The molecular formula is C13H11Cl2NO2. The van der Waals surface area contributed by atoms with Gasteiger partial charge in [0.2, 0.25) is 0 Å². The molecular weight excluding hydrogens is 273 g/mol. The van der Waals surface area contributed by atoms with Crippen LogP contribution in [0.1, 0.15) is 17.9 Å². The highest BCUT2D eigenvalue weighted by atomic mass is 35.5. The van der Waals surface area contributed by atoms with Crippen molar-refractivity contribution < 1.29 is 9.90 Å². The van der Waals surface area contributed by atoms with Crippen molar-refractivity contribution in [3.63, 3.8) is 0 Å². The van der Waals surface area contributed by atoms with E-state index in [-0.39, 0.29) is 11.8 Å². The van der Waals surface area contributed by atoms with E-state index in [2.05, 4.69) is 5.32 Å². The quantitative estimate of drug-likeness (QED) is 0.775. The molecule has 2 aliphatic rings. The summed E-state index contributed by atoms with van der Waals surface area (Å²) >= 11 is 12.2. The monoisotopic (exact) mass is 283 g/mol. The van der Waals surface area contributed by atoms with Crippen LogP contribution in [0, 0.1) is 5.92 Å². The lowest BCUT2D eigenvalue weighted by atomic mass is 9.79. The zero-order valence-electron chi connectivity index (χ0n) is 9.36. The molecule has 0 saturated heterocycles. The number of halogens is 2. The van der Waals surface area contributed by atoms with Crippen molar-refractivity contribution >= 4 is 34.9 Å². The summed E-state index contributed by atoms with van der Waals surface area (Å²) in [5, 5.41) is 13.4. The molecule has 1 heterocycles. The van der Waals surface area contributed by atoms with Gasteiger partial charge in [-0.1, -0.05) is 35.4 Å². The van der Waals surface area contributed by atoms with Crippen LogP contribution in [0.4, 0.5) is 5.69 Å². The van der Waals surface area contributed by atoms with Gasteiger partial charge in [-0.3, -0.25) is 0 Å². The van der Waals surface area contributed by atoms with Gasteiger partial charge >= 0.3 is 5.97 Å². The number of carboxylic acids is 1. The lowest BCUT2D eigenvalue weighted by Gasteiger charge is -2.35. The van der Waals surface area contributed by atoms with E-state index < -0.39 is 12.0 Å². The average Bonchev–Trinajstić information content (AvgIpc) is 2.75. The van der Waals surface area contributed by atoms with Crippen LogP contribution in [0.2, 0.25) is 10.0 Å². The third-order valence-corrected chi connectivity index (χ3v) is 4.18. The fraction of sp³-hybridized carbons (Fsp3) is 0.308. The summed E-state index contributed by atoms with van der Waals surface area (Å²) in [6.07, 6.45) is 4.82. The number of carboxylic acid groups (broad SMARTS) is 1. The highest BCUT2D eigenvalue weighted by Gasteiger charge is 2.41. The van der Waals surface area contributed by atoms with Crippen LogP contribution >= 0.6 is 23.2 Å². The minimum Gasteiger partial charge on any atom is -0.480 e. The molecule has 1 aromatic rings. The van der Waals surface area contributed by atoms with E-state index in [1.54, 1.807) is 12.1 Å². The van der Waals surface area contributed by atoms with Crippen molar-refractivity contribution in [3.8, 4) is 0 Å². The molecule has 3 rings (SSSR count). The molecule has 5 heteroatoms. The molecule has 2 N–H and O–H groups in total. The second kappa shape index (κ2) is 4.18. The van der Waals surface area contributed by atoms with E-state index in [9.17, 15) is 9.90 Å². The SMILES string of the molecule is O=C(O)[C@H]1Nc2cc(Cl)cc(Cl)c2[C@H]2C=CC[C@@H]12. The van der Waals surface area contributed by atoms with E-state index in [0.717, 1.165) is 17.7 Å². The number of carbonyl (C=O) groups is 1. The predicted octanol–water partition coefficient (Wildman–Crippen LogP) is 3.53. The van der Waals surface area contributed by atoms with Gasteiger partial charge in [-0.15, -0.1) is 0 Å². The zero-order valence-corrected chi connectivity index (χ0v) is 10.9. The first-order valence-corrected chi connectivity index (χ1v) is 6.48. The van der Waals surface area contributed by atoms with Gasteiger partial charge in [0.15, 0.2) is 0 Å². The van der Waals surface area contributed by atoms with Crippen molar-refractivity contribution in [1.82, 2.24) is 0 Å². The smallest absolute Gasteiger partial charge is 0.326 e. The lowest BCUT2D eigenvalue weighted by molar-refractivity contribution is -0.139. The first-order chi connectivity index (χ1) is 8.58. The van der Waals surface area contributed by atoms with E-state index in [1.165, 1.54) is 0 Å². The predicted molar refractivity (Wildman–Crippen MR) is 71.5 cm³/mol. The Kier molecular flexibility index (Phi) is 2.76. The number of nitrogens with one attached hydrogen (secondary N) is 1. The first-order valence-electron chi connectivity index (χ1n) is 5.73. The molecule has 94 valence electrons. The molecule has 0 spiro atoms. The summed E-state index contributed by atoms with van der Waals surface area (Å²) in [6.45, 7) is 0. The van der Waals surface area contributed by atoms with Crippen LogP contribution in [0.3, 0.4) is 0 Å². The number of benzene rings is 1. The number of hydrogen-bond acceptors (Lipinski definition) is 2. The Bertz CT molecular complexity index is 556. The summed E-state index contributed by atoms with van der Waals surface area (Å²) in [5.74, 6) is -0.753. The minimum atomic E-state index is -0.838. The number of anilines is 1. The van der Waals surface area contributed by atoms with Crippen LogP contribution < -0.4 is 5.32 Å². The van der Waals surface area contributed by atoms with Crippen molar-refractivity contribution in [2.24, 2.45) is 5.92 Å². The maximum absolute atomic E-state index is 11.3. The second-order valence-corrected chi connectivity index (χ2v) is 5.51. The number of fused-ring (bicyclic) bond motifs is 3. The maximum Gasteiger partial charge on any atom is 0.326 e. The van der Waals surface area contributed by atoms with Crippen molar-refractivity contribution in [1.29, 1.82) is 0 Å². The van der Waals surface area contributed by atoms with Gasteiger partial charge in [-0.05, 0) is 18.6 Å². The van der Waals surface area contributed by atoms with Crippen molar-refractivity contribution in [3.05, 3.63) is 39.9 Å². The molecule has 0 saturated carbocycles. The Morgan fingerprint density at radius 1 is 1.39 bits per heavy atom. The van der Waals surface area contributed by atoms with Gasteiger partial charge in [-0.2, -0.15) is 0 Å². The Morgan fingerprint density at radius 3 is 2.89 bits per heavy atom. The summed E-state index contributed by atoms with van der Waals surface area (Å²) in [7, 11) is 0. The Hall–Kier alpha value is -1.19. The van der Waals surface area contributed by atoms with Gasteiger partial charge in [0.25, 0.3) is 0 Å². The van der Waals surface area contributed by atoms with Crippen molar-refractivity contribution in [2.75, 3.05) is 5.32 Å². The van der Waals surface area contributed by atoms with E-state index >= 15 is 0 Å². The molecule has 0 radical (unpaired) electrons. The highest BCUT2D eigenvalue weighted by Crippen LogP contribution is 2.48.